The van der Waals surface area contributed by atoms with Crippen molar-refractivity contribution >= 4 is 11.7 Å². The average molecular weight is 177 g/mol. The van der Waals surface area contributed by atoms with Gasteiger partial charge in [-0.1, -0.05) is 0 Å². The first-order chi connectivity index (χ1) is 6.18. The molecule has 13 heavy (non-hydrogen) atoms. The second-order valence-corrected chi connectivity index (χ2v) is 3.39. The summed E-state index contributed by atoms with van der Waals surface area (Å²) in [5.74, 6) is 0.128. The van der Waals surface area contributed by atoms with E-state index >= 15 is 0 Å². The van der Waals surface area contributed by atoms with Gasteiger partial charge >= 0.3 is 0 Å². The lowest BCUT2D eigenvalue weighted by molar-refractivity contribution is 0.0884. The first-order valence-corrected chi connectivity index (χ1v) is 4.44. The van der Waals surface area contributed by atoms with Crippen molar-refractivity contribution in [1.82, 2.24) is 4.57 Å². The number of Topliss-reactive ketones (excluding diaryl/α,β-unsaturated/α-hetero) is 1. The summed E-state index contributed by atoms with van der Waals surface area (Å²) in [6.45, 7) is 1.52. The summed E-state index contributed by atoms with van der Waals surface area (Å²) in [7, 11) is 0. The molecule has 0 bridgehead atoms. The Morgan fingerprint density at radius 1 is 1.46 bits per heavy atom. The number of hydrogen-bond acceptors (Lipinski definition) is 2. The van der Waals surface area contributed by atoms with Crippen molar-refractivity contribution in [2.75, 3.05) is 0 Å². The third-order valence-corrected chi connectivity index (χ3v) is 2.40. The van der Waals surface area contributed by atoms with E-state index in [1.807, 2.05) is 6.07 Å². The molecule has 68 valence electrons. The van der Waals surface area contributed by atoms with E-state index in [1.54, 1.807) is 10.8 Å². The third-order valence-electron chi connectivity index (χ3n) is 2.40. The van der Waals surface area contributed by atoms with Gasteiger partial charge in [0.15, 0.2) is 5.78 Å². The first kappa shape index (κ1) is 8.23. The van der Waals surface area contributed by atoms with Crippen LogP contribution in [-0.4, -0.2) is 16.3 Å². The van der Waals surface area contributed by atoms with Crippen LogP contribution in [0.2, 0.25) is 0 Å². The molecule has 0 aliphatic carbocycles. The number of hydrogen-bond donors (Lipinski definition) is 0. The van der Waals surface area contributed by atoms with Crippen molar-refractivity contribution in [1.29, 1.82) is 0 Å². The molecular formula is C10H11NO2. The molecule has 0 unspecified atom stereocenters. The molecule has 1 aromatic rings. The quantitative estimate of drug-likeness (QED) is 0.612. The molecule has 0 radical (unpaired) electrons. The lowest BCUT2D eigenvalue weighted by Gasteiger charge is -2.12. The van der Waals surface area contributed by atoms with Crippen LogP contribution in [0.5, 0.6) is 0 Å². The number of carbonyl (C=O) groups excluding carboxylic acids is 2. The molecule has 2 heterocycles. The van der Waals surface area contributed by atoms with Gasteiger partial charge in [-0.25, -0.2) is 0 Å². The molecule has 3 nitrogen and oxygen atoms in total. The van der Waals surface area contributed by atoms with Crippen molar-refractivity contribution < 1.29 is 9.59 Å². The van der Waals surface area contributed by atoms with Crippen LogP contribution in [0, 0.1) is 0 Å². The van der Waals surface area contributed by atoms with Crippen LogP contribution in [0.4, 0.5) is 0 Å². The molecule has 1 aromatic heterocycles. The highest BCUT2D eigenvalue weighted by molar-refractivity contribution is 5.95. The van der Waals surface area contributed by atoms with Gasteiger partial charge in [0.1, 0.15) is 0 Å². The smallest absolute Gasteiger partial charge is 0.230 e. The summed E-state index contributed by atoms with van der Waals surface area (Å²) in [6.07, 6.45) is 4.05. The summed E-state index contributed by atoms with van der Waals surface area (Å²) in [5, 5.41) is 0. The standard InChI is InChI=1S/C10H11NO2/c1-7(12)8-5-9-3-2-4-10(13)11(9)6-8/h5-6H,2-4H2,1H3. The van der Waals surface area contributed by atoms with Gasteiger partial charge < -0.3 is 0 Å². The number of aryl methyl sites for hydroxylation is 1. The summed E-state index contributed by atoms with van der Waals surface area (Å²) < 4.78 is 1.61. The lowest BCUT2D eigenvalue weighted by Crippen LogP contribution is -2.17. The fourth-order valence-corrected chi connectivity index (χ4v) is 1.67. The summed E-state index contributed by atoms with van der Waals surface area (Å²) in [4.78, 5) is 22.4. The van der Waals surface area contributed by atoms with Crippen molar-refractivity contribution in [2.24, 2.45) is 0 Å². The van der Waals surface area contributed by atoms with E-state index in [1.165, 1.54) is 6.92 Å². The van der Waals surface area contributed by atoms with Crippen LogP contribution in [0.15, 0.2) is 12.3 Å². The van der Waals surface area contributed by atoms with E-state index < -0.39 is 0 Å². The Morgan fingerprint density at radius 3 is 2.85 bits per heavy atom. The molecule has 1 aliphatic rings. The SMILES string of the molecule is CC(=O)c1cc2n(c1)C(=O)CCC2. The number of rotatable bonds is 1. The summed E-state index contributed by atoms with van der Waals surface area (Å²) >= 11 is 0. The minimum atomic E-state index is 0.0229. The van der Waals surface area contributed by atoms with Gasteiger partial charge in [-0.2, -0.15) is 0 Å². The highest BCUT2D eigenvalue weighted by Gasteiger charge is 2.18. The minimum Gasteiger partial charge on any atom is -0.294 e. The zero-order chi connectivity index (χ0) is 9.42. The zero-order valence-electron chi connectivity index (χ0n) is 7.54. The normalized spacial score (nSPS) is 15.6. The Hall–Kier alpha value is -1.38. The maximum absolute atomic E-state index is 11.4. The Kier molecular flexibility index (Phi) is 1.79. The molecule has 0 saturated heterocycles. The second kappa shape index (κ2) is 2.83. The zero-order valence-corrected chi connectivity index (χ0v) is 7.54. The van der Waals surface area contributed by atoms with Crippen LogP contribution in [-0.2, 0) is 6.42 Å². The molecule has 0 amide bonds. The monoisotopic (exact) mass is 177 g/mol. The van der Waals surface area contributed by atoms with Crippen molar-refractivity contribution in [2.45, 2.75) is 26.2 Å². The fraction of sp³-hybridized carbons (Fsp3) is 0.400. The molecule has 2 rings (SSSR count). The van der Waals surface area contributed by atoms with E-state index in [0.717, 1.165) is 18.5 Å². The number of ketones is 1. The van der Waals surface area contributed by atoms with Crippen molar-refractivity contribution in [3.8, 4) is 0 Å². The van der Waals surface area contributed by atoms with Gasteiger partial charge in [-0.15, -0.1) is 0 Å². The van der Waals surface area contributed by atoms with Crippen LogP contribution < -0.4 is 0 Å². The number of aromatic nitrogens is 1. The Morgan fingerprint density at radius 2 is 2.23 bits per heavy atom. The van der Waals surface area contributed by atoms with Gasteiger partial charge in [0.05, 0.1) is 0 Å². The summed E-state index contributed by atoms with van der Waals surface area (Å²) in [5.41, 5.74) is 1.62. The molecule has 0 N–H and O–H groups in total. The highest BCUT2D eigenvalue weighted by atomic mass is 16.2. The molecule has 0 saturated carbocycles. The molecule has 1 aliphatic heterocycles. The number of carbonyl (C=O) groups is 2. The van der Waals surface area contributed by atoms with Gasteiger partial charge in [0.25, 0.3) is 0 Å². The highest BCUT2D eigenvalue weighted by Crippen LogP contribution is 2.18. The Labute approximate surface area is 76.4 Å². The molecule has 0 aromatic carbocycles. The molecule has 0 atom stereocenters. The van der Waals surface area contributed by atoms with Gasteiger partial charge in [0, 0.05) is 23.9 Å². The Bertz CT molecular complexity index is 376. The maximum atomic E-state index is 11.4. The van der Waals surface area contributed by atoms with Crippen molar-refractivity contribution in [3.05, 3.63) is 23.5 Å². The summed E-state index contributed by atoms with van der Waals surface area (Å²) in [6, 6.07) is 1.82. The van der Waals surface area contributed by atoms with Crippen LogP contribution >= 0.6 is 0 Å². The molecule has 0 fully saturated rings. The topological polar surface area (TPSA) is 39.1 Å². The molecule has 0 spiro atoms. The van der Waals surface area contributed by atoms with E-state index in [9.17, 15) is 9.59 Å². The van der Waals surface area contributed by atoms with Gasteiger partial charge in [-0.05, 0) is 25.8 Å². The lowest BCUT2D eigenvalue weighted by atomic mass is 10.1. The van der Waals surface area contributed by atoms with Crippen LogP contribution in [0.1, 0.15) is 40.6 Å². The average Bonchev–Trinajstić information content (AvgIpc) is 2.49. The van der Waals surface area contributed by atoms with E-state index in [0.29, 0.717) is 12.0 Å². The Balaban J connectivity index is 2.48. The molecule has 3 heteroatoms. The fourth-order valence-electron chi connectivity index (χ4n) is 1.67. The van der Waals surface area contributed by atoms with Crippen molar-refractivity contribution in [3.63, 3.8) is 0 Å². The number of nitrogens with zero attached hydrogens (tertiary/aromatic N) is 1. The molecular weight excluding hydrogens is 166 g/mol. The predicted molar refractivity (Wildman–Crippen MR) is 48.0 cm³/mol. The van der Waals surface area contributed by atoms with Crippen LogP contribution in [0.3, 0.4) is 0 Å². The van der Waals surface area contributed by atoms with Gasteiger partial charge in [-0.3, -0.25) is 14.2 Å². The third kappa shape index (κ3) is 1.30. The van der Waals surface area contributed by atoms with Gasteiger partial charge in [0.2, 0.25) is 5.91 Å². The maximum Gasteiger partial charge on any atom is 0.230 e. The van der Waals surface area contributed by atoms with E-state index in [-0.39, 0.29) is 11.7 Å². The largest absolute Gasteiger partial charge is 0.294 e. The van der Waals surface area contributed by atoms with E-state index in [4.69, 9.17) is 0 Å². The predicted octanol–water partition coefficient (Wildman–Crippen LogP) is 1.67. The van der Waals surface area contributed by atoms with Crippen LogP contribution in [0.25, 0.3) is 0 Å². The number of fused-ring (bicyclic) bond motifs is 1. The first-order valence-electron chi connectivity index (χ1n) is 4.44. The van der Waals surface area contributed by atoms with E-state index in [2.05, 4.69) is 0 Å². The second-order valence-electron chi connectivity index (χ2n) is 3.39. The minimum absolute atomic E-state index is 0.0229.